The predicted octanol–water partition coefficient (Wildman–Crippen LogP) is 0.820. The van der Waals surface area contributed by atoms with Crippen LogP contribution in [0.3, 0.4) is 0 Å². The SMILES string of the molecule is O=C(CN1C(=O)CCOc2ccccc21)NCCNc1cnccn1. The fraction of sp³-hybridized carbons (Fsp3) is 0.294. The number of amides is 2. The van der Waals surface area contributed by atoms with Crippen LogP contribution in [0.25, 0.3) is 0 Å². The molecule has 2 heterocycles. The Labute approximate surface area is 145 Å². The van der Waals surface area contributed by atoms with Crippen LogP contribution in [0.1, 0.15) is 6.42 Å². The van der Waals surface area contributed by atoms with Gasteiger partial charge in [-0.15, -0.1) is 0 Å². The van der Waals surface area contributed by atoms with E-state index < -0.39 is 0 Å². The molecule has 1 aliphatic rings. The standard InChI is InChI=1S/C17H19N5O3/c23-16(21-9-8-20-15-11-18-6-7-19-15)12-22-13-3-1-2-4-14(13)25-10-5-17(22)24/h1-4,6-7,11H,5,8-10,12H2,(H,19,20)(H,21,23). The van der Waals surface area contributed by atoms with Gasteiger partial charge >= 0.3 is 0 Å². The highest BCUT2D eigenvalue weighted by atomic mass is 16.5. The van der Waals surface area contributed by atoms with Crippen LogP contribution in [0, 0.1) is 0 Å². The molecule has 0 aliphatic carbocycles. The fourth-order valence-electron chi connectivity index (χ4n) is 2.48. The van der Waals surface area contributed by atoms with Crippen LogP contribution >= 0.6 is 0 Å². The van der Waals surface area contributed by atoms with Crippen LogP contribution < -0.4 is 20.3 Å². The summed E-state index contributed by atoms with van der Waals surface area (Å²) in [5.41, 5.74) is 0.623. The van der Waals surface area contributed by atoms with E-state index in [9.17, 15) is 9.59 Å². The number of aromatic nitrogens is 2. The number of nitrogens with one attached hydrogen (secondary N) is 2. The molecular weight excluding hydrogens is 322 g/mol. The van der Waals surface area contributed by atoms with Crippen LogP contribution in [0.15, 0.2) is 42.9 Å². The van der Waals surface area contributed by atoms with Crippen LogP contribution in [0.4, 0.5) is 11.5 Å². The quantitative estimate of drug-likeness (QED) is 0.755. The van der Waals surface area contributed by atoms with Gasteiger partial charge in [-0.2, -0.15) is 0 Å². The second-order valence-corrected chi connectivity index (χ2v) is 5.41. The number of carbonyl (C=O) groups is 2. The zero-order chi connectivity index (χ0) is 17.5. The van der Waals surface area contributed by atoms with E-state index in [2.05, 4.69) is 20.6 Å². The van der Waals surface area contributed by atoms with Gasteiger partial charge in [-0.1, -0.05) is 12.1 Å². The van der Waals surface area contributed by atoms with Crippen molar-refractivity contribution in [3.05, 3.63) is 42.9 Å². The molecule has 0 fully saturated rings. The number of para-hydroxylation sites is 2. The molecule has 0 saturated heterocycles. The third-order valence-electron chi connectivity index (χ3n) is 3.65. The third kappa shape index (κ3) is 4.43. The molecule has 0 bridgehead atoms. The van der Waals surface area contributed by atoms with E-state index in [1.54, 1.807) is 30.7 Å². The minimum absolute atomic E-state index is 0.0374. The Kier molecular flexibility index (Phi) is 5.40. The van der Waals surface area contributed by atoms with E-state index in [0.29, 0.717) is 37.0 Å². The lowest BCUT2D eigenvalue weighted by molar-refractivity contribution is -0.123. The molecule has 1 aliphatic heterocycles. The Morgan fingerprint density at radius 3 is 2.96 bits per heavy atom. The van der Waals surface area contributed by atoms with Crippen LogP contribution in [-0.4, -0.2) is 48.0 Å². The number of fused-ring (bicyclic) bond motifs is 1. The lowest BCUT2D eigenvalue weighted by Gasteiger charge is -2.21. The van der Waals surface area contributed by atoms with Crippen molar-refractivity contribution in [1.82, 2.24) is 15.3 Å². The van der Waals surface area contributed by atoms with Crippen LogP contribution in [0.5, 0.6) is 5.75 Å². The summed E-state index contributed by atoms with van der Waals surface area (Å²) in [7, 11) is 0. The molecule has 1 aromatic carbocycles. The molecule has 25 heavy (non-hydrogen) atoms. The highest BCUT2D eigenvalue weighted by Gasteiger charge is 2.24. The summed E-state index contributed by atoms with van der Waals surface area (Å²) < 4.78 is 5.56. The first kappa shape index (κ1) is 16.7. The minimum Gasteiger partial charge on any atom is -0.491 e. The predicted molar refractivity (Wildman–Crippen MR) is 92.4 cm³/mol. The summed E-state index contributed by atoms with van der Waals surface area (Å²) in [6.45, 7) is 1.20. The molecule has 0 radical (unpaired) electrons. The van der Waals surface area contributed by atoms with E-state index in [-0.39, 0.29) is 24.8 Å². The number of anilines is 2. The molecular formula is C17H19N5O3. The van der Waals surface area contributed by atoms with E-state index in [1.807, 2.05) is 12.1 Å². The van der Waals surface area contributed by atoms with Gasteiger partial charge in [0.05, 0.1) is 24.9 Å². The fourth-order valence-corrected chi connectivity index (χ4v) is 2.48. The molecule has 2 amide bonds. The first-order valence-electron chi connectivity index (χ1n) is 8.03. The molecule has 0 atom stereocenters. The van der Waals surface area contributed by atoms with Gasteiger partial charge in [-0.05, 0) is 12.1 Å². The molecule has 130 valence electrons. The van der Waals surface area contributed by atoms with E-state index in [0.717, 1.165) is 0 Å². The van der Waals surface area contributed by atoms with Gasteiger partial charge in [0.15, 0.2) is 0 Å². The van der Waals surface area contributed by atoms with Gasteiger partial charge in [0.25, 0.3) is 0 Å². The Morgan fingerprint density at radius 1 is 1.24 bits per heavy atom. The Hall–Kier alpha value is -3.16. The van der Waals surface area contributed by atoms with E-state index >= 15 is 0 Å². The van der Waals surface area contributed by atoms with Crippen molar-refractivity contribution in [2.24, 2.45) is 0 Å². The van der Waals surface area contributed by atoms with Crippen LogP contribution in [0.2, 0.25) is 0 Å². The molecule has 3 rings (SSSR count). The van der Waals surface area contributed by atoms with Gasteiger partial charge in [-0.3, -0.25) is 19.5 Å². The molecule has 8 heteroatoms. The number of carbonyl (C=O) groups excluding carboxylic acids is 2. The van der Waals surface area contributed by atoms with E-state index in [4.69, 9.17) is 4.74 Å². The van der Waals surface area contributed by atoms with Gasteiger partial charge in [0.1, 0.15) is 18.1 Å². The summed E-state index contributed by atoms with van der Waals surface area (Å²) in [4.78, 5) is 33.9. The van der Waals surface area contributed by atoms with Gasteiger partial charge in [0, 0.05) is 25.5 Å². The zero-order valence-corrected chi connectivity index (χ0v) is 13.6. The first-order valence-corrected chi connectivity index (χ1v) is 8.03. The molecule has 1 aromatic heterocycles. The van der Waals surface area contributed by atoms with Crippen molar-refractivity contribution in [3.63, 3.8) is 0 Å². The maximum atomic E-state index is 12.3. The number of nitrogens with zero attached hydrogens (tertiary/aromatic N) is 3. The summed E-state index contributed by atoms with van der Waals surface area (Å²) in [5, 5.41) is 5.84. The lowest BCUT2D eigenvalue weighted by Crippen LogP contribution is -2.41. The summed E-state index contributed by atoms with van der Waals surface area (Å²) in [6.07, 6.45) is 5.03. The average molecular weight is 341 g/mol. The largest absolute Gasteiger partial charge is 0.491 e. The Balaban J connectivity index is 1.52. The number of ether oxygens (including phenoxy) is 1. The lowest BCUT2D eigenvalue weighted by atomic mass is 10.2. The van der Waals surface area contributed by atoms with Gasteiger partial charge < -0.3 is 15.4 Å². The summed E-state index contributed by atoms with van der Waals surface area (Å²) in [6, 6.07) is 7.23. The van der Waals surface area contributed by atoms with Gasteiger partial charge in [-0.25, -0.2) is 4.98 Å². The molecule has 0 spiro atoms. The Morgan fingerprint density at radius 2 is 2.12 bits per heavy atom. The van der Waals surface area contributed by atoms with Crippen molar-refractivity contribution in [3.8, 4) is 5.75 Å². The highest BCUT2D eigenvalue weighted by Crippen LogP contribution is 2.30. The minimum atomic E-state index is -0.231. The topological polar surface area (TPSA) is 96.5 Å². The van der Waals surface area contributed by atoms with Crippen molar-refractivity contribution in [2.75, 3.05) is 36.5 Å². The first-order chi connectivity index (χ1) is 12.2. The maximum absolute atomic E-state index is 12.3. The van der Waals surface area contributed by atoms with Crippen molar-refractivity contribution < 1.29 is 14.3 Å². The van der Waals surface area contributed by atoms with E-state index in [1.165, 1.54) is 4.90 Å². The smallest absolute Gasteiger partial charge is 0.240 e. The molecule has 0 unspecified atom stereocenters. The summed E-state index contributed by atoms with van der Waals surface area (Å²) >= 11 is 0. The van der Waals surface area contributed by atoms with Crippen molar-refractivity contribution in [2.45, 2.75) is 6.42 Å². The van der Waals surface area contributed by atoms with Crippen molar-refractivity contribution >= 4 is 23.3 Å². The van der Waals surface area contributed by atoms with Crippen molar-refractivity contribution in [1.29, 1.82) is 0 Å². The monoisotopic (exact) mass is 341 g/mol. The second-order valence-electron chi connectivity index (χ2n) is 5.41. The maximum Gasteiger partial charge on any atom is 0.240 e. The molecule has 0 saturated carbocycles. The number of hydrogen-bond donors (Lipinski definition) is 2. The normalized spacial score (nSPS) is 13.4. The molecule has 2 N–H and O–H groups in total. The number of rotatable bonds is 6. The van der Waals surface area contributed by atoms with Crippen LogP contribution in [-0.2, 0) is 9.59 Å². The highest BCUT2D eigenvalue weighted by molar-refractivity contribution is 6.00. The molecule has 8 nitrogen and oxygen atoms in total. The number of hydrogen-bond acceptors (Lipinski definition) is 6. The number of benzene rings is 1. The summed E-state index contributed by atoms with van der Waals surface area (Å²) in [5.74, 6) is 0.903. The zero-order valence-electron chi connectivity index (χ0n) is 13.6. The van der Waals surface area contributed by atoms with Gasteiger partial charge in [0.2, 0.25) is 11.8 Å². The average Bonchev–Trinajstić information content (AvgIpc) is 2.79. The second kappa shape index (κ2) is 8.09. The molecule has 2 aromatic rings. The third-order valence-corrected chi connectivity index (χ3v) is 3.65. The Bertz CT molecular complexity index is 738.